The molecule has 2 N–H and O–H groups in total. The highest BCUT2D eigenvalue weighted by molar-refractivity contribution is 6.30. The normalized spacial score (nSPS) is 10.2. The Morgan fingerprint density at radius 2 is 1.89 bits per heavy atom. The Morgan fingerprint density at radius 1 is 1.21 bits per heavy atom. The van der Waals surface area contributed by atoms with Gasteiger partial charge in [0.25, 0.3) is 0 Å². The molecule has 0 saturated carbocycles. The molecule has 0 aliphatic rings. The molecule has 0 saturated heterocycles. The number of nitrogens with one attached hydrogen (secondary N) is 2. The third-order valence-corrected chi connectivity index (χ3v) is 2.82. The number of benzene rings is 1. The molecule has 0 aliphatic carbocycles. The molecule has 106 valence electrons. The van der Waals surface area contributed by atoms with Gasteiger partial charge in [0.2, 0.25) is 0 Å². The van der Waals surface area contributed by atoms with Gasteiger partial charge in [-0.2, -0.15) is 0 Å². The van der Waals surface area contributed by atoms with Gasteiger partial charge in [-0.25, -0.2) is 4.79 Å². The van der Waals surface area contributed by atoms with Crippen molar-refractivity contribution in [2.24, 2.45) is 0 Å². The second-order valence-electron chi connectivity index (χ2n) is 4.11. The molecule has 19 heavy (non-hydrogen) atoms. The monoisotopic (exact) mass is 284 g/mol. The molecular weight excluding hydrogens is 264 g/mol. The minimum atomic E-state index is -0.134. The lowest BCUT2D eigenvalue weighted by Crippen LogP contribution is -2.37. The third-order valence-electron chi connectivity index (χ3n) is 2.57. The van der Waals surface area contributed by atoms with Crippen molar-refractivity contribution >= 4 is 17.6 Å². The molecule has 5 heteroatoms. The van der Waals surface area contributed by atoms with Crippen molar-refractivity contribution in [3.05, 3.63) is 34.9 Å². The van der Waals surface area contributed by atoms with Crippen molar-refractivity contribution in [3.63, 3.8) is 0 Å². The van der Waals surface area contributed by atoms with E-state index in [1.54, 1.807) is 0 Å². The van der Waals surface area contributed by atoms with Crippen molar-refractivity contribution < 1.29 is 9.53 Å². The second-order valence-corrected chi connectivity index (χ2v) is 4.55. The van der Waals surface area contributed by atoms with Crippen LogP contribution in [-0.4, -0.2) is 32.3 Å². The van der Waals surface area contributed by atoms with Crippen molar-refractivity contribution in [3.8, 4) is 0 Å². The molecule has 0 atom stereocenters. The molecule has 1 rings (SSSR count). The number of amides is 2. The molecule has 1 aromatic carbocycles. The van der Waals surface area contributed by atoms with Gasteiger partial charge in [-0.1, -0.05) is 23.7 Å². The minimum Gasteiger partial charge on any atom is -0.382 e. The van der Waals surface area contributed by atoms with Gasteiger partial charge in [-0.3, -0.25) is 0 Å². The van der Waals surface area contributed by atoms with E-state index in [4.69, 9.17) is 16.3 Å². The summed E-state index contributed by atoms with van der Waals surface area (Å²) in [6.45, 7) is 4.59. The van der Waals surface area contributed by atoms with Gasteiger partial charge >= 0.3 is 6.03 Å². The Bertz CT molecular complexity index is 368. The Kier molecular flexibility index (Phi) is 8.02. The third kappa shape index (κ3) is 7.70. The van der Waals surface area contributed by atoms with Gasteiger partial charge in [-0.05, 0) is 37.5 Å². The minimum absolute atomic E-state index is 0.134. The Hall–Kier alpha value is -1.26. The summed E-state index contributed by atoms with van der Waals surface area (Å²) < 4.78 is 5.18. The Labute approximate surface area is 119 Å². The lowest BCUT2D eigenvalue weighted by atomic mass is 10.1. The fourth-order valence-electron chi connectivity index (χ4n) is 1.55. The average Bonchev–Trinajstić information content (AvgIpc) is 2.41. The predicted octanol–water partition coefficient (Wildman–Crippen LogP) is 2.61. The summed E-state index contributed by atoms with van der Waals surface area (Å²) in [6, 6.07) is 7.49. The zero-order valence-corrected chi connectivity index (χ0v) is 12.0. The largest absolute Gasteiger partial charge is 0.382 e. The molecule has 4 nitrogen and oxygen atoms in total. The van der Waals surface area contributed by atoms with E-state index in [0.29, 0.717) is 26.3 Å². The zero-order valence-electron chi connectivity index (χ0n) is 11.2. The van der Waals surface area contributed by atoms with E-state index in [1.807, 2.05) is 31.2 Å². The summed E-state index contributed by atoms with van der Waals surface area (Å²) in [5.74, 6) is 0. The standard InChI is InChI=1S/C14H21ClN2O2/c1-2-19-11-3-9-16-14(18)17-10-8-12-4-6-13(15)7-5-12/h4-7H,2-3,8-11H2,1H3,(H2,16,17,18). The number of halogens is 1. The van der Waals surface area contributed by atoms with Crippen LogP contribution in [0.1, 0.15) is 18.9 Å². The van der Waals surface area contributed by atoms with Crippen molar-refractivity contribution in [1.29, 1.82) is 0 Å². The molecule has 0 heterocycles. The average molecular weight is 285 g/mol. The Balaban J connectivity index is 2.05. The Morgan fingerprint density at radius 3 is 2.58 bits per heavy atom. The first-order valence-corrected chi connectivity index (χ1v) is 6.94. The van der Waals surface area contributed by atoms with E-state index in [-0.39, 0.29) is 6.03 Å². The number of urea groups is 1. The van der Waals surface area contributed by atoms with E-state index in [9.17, 15) is 4.79 Å². The topological polar surface area (TPSA) is 50.4 Å². The highest BCUT2D eigenvalue weighted by atomic mass is 35.5. The zero-order chi connectivity index (χ0) is 13.9. The van der Waals surface area contributed by atoms with Crippen molar-refractivity contribution in [2.45, 2.75) is 19.8 Å². The molecule has 2 amide bonds. The maximum absolute atomic E-state index is 11.4. The summed E-state index contributed by atoms with van der Waals surface area (Å²) >= 11 is 5.80. The van der Waals surface area contributed by atoms with Crippen molar-refractivity contribution in [1.82, 2.24) is 10.6 Å². The molecular formula is C14H21ClN2O2. The SMILES string of the molecule is CCOCCCNC(=O)NCCc1ccc(Cl)cc1. The van der Waals surface area contributed by atoms with Crippen LogP contribution in [0.15, 0.2) is 24.3 Å². The van der Waals surface area contributed by atoms with Gasteiger partial charge in [0.1, 0.15) is 0 Å². The molecule has 0 aromatic heterocycles. The first-order chi connectivity index (χ1) is 9.22. The van der Waals surface area contributed by atoms with Crippen LogP contribution in [0, 0.1) is 0 Å². The first kappa shape index (κ1) is 15.8. The highest BCUT2D eigenvalue weighted by Crippen LogP contribution is 2.09. The van der Waals surface area contributed by atoms with Gasteiger partial charge in [0.15, 0.2) is 0 Å². The second kappa shape index (κ2) is 9.64. The number of rotatable bonds is 8. The number of ether oxygens (including phenoxy) is 1. The summed E-state index contributed by atoms with van der Waals surface area (Å²) in [5.41, 5.74) is 1.15. The molecule has 0 spiro atoms. The van der Waals surface area contributed by atoms with Gasteiger partial charge in [0, 0.05) is 31.3 Å². The fourth-order valence-corrected chi connectivity index (χ4v) is 1.68. The van der Waals surface area contributed by atoms with E-state index in [0.717, 1.165) is 23.4 Å². The molecule has 0 unspecified atom stereocenters. The number of hydrogen-bond acceptors (Lipinski definition) is 2. The van der Waals surface area contributed by atoms with Gasteiger partial charge in [0.05, 0.1) is 0 Å². The van der Waals surface area contributed by atoms with Crippen LogP contribution < -0.4 is 10.6 Å². The lowest BCUT2D eigenvalue weighted by Gasteiger charge is -2.07. The van der Waals surface area contributed by atoms with E-state index in [2.05, 4.69) is 10.6 Å². The van der Waals surface area contributed by atoms with Gasteiger partial charge in [-0.15, -0.1) is 0 Å². The van der Waals surface area contributed by atoms with Crippen LogP contribution in [-0.2, 0) is 11.2 Å². The number of carbonyl (C=O) groups is 1. The van der Waals surface area contributed by atoms with E-state index in [1.165, 1.54) is 0 Å². The molecule has 0 radical (unpaired) electrons. The summed E-state index contributed by atoms with van der Waals surface area (Å²) in [4.78, 5) is 11.4. The maximum Gasteiger partial charge on any atom is 0.314 e. The van der Waals surface area contributed by atoms with Crippen LogP contribution in [0.3, 0.4) is 0 Å². The van der Waals surface area contributed by atoms with Crippen LogP contribution in [0.2, 0.25) is 5.02 Å². The molecule has 0 fully saturated rings. The highest BCUT2D eigenvalue weighted by Gasteiger charge is 1.99. The molecule has 0 bridgehead atoms. The number of carbonyl (C=O) groups excluding carboxylic acids is 1. The van der Waals surface area contributed by atoms with Crippen molar-refractivity contribution in [2.75, 3.05) is 26.3 Å². The van der Waals surface area contributed by atoms with E-state index >= 15 is 0 Å². The first-order valence-electron chi connectivity index (χ1n) is 6.56. The van der Waals surface area contributed by atoms with Crippen LogP contribution >= 0.6 is 11.6 Å². The van der Waals surface area contributed by atoms with Crippen LogP contribution in [0.4, 0.5) is 4.79 Å². The number of hydrogen-bond donors (Lipinski definition) is 2. The fraction of sp³-hybridized carbons (Fsp3) is 0.500. The lowest BCUT2D eigenvalue weighted by molar-refractivity contribution is 0.145. The summed E-state index contributed by atoms with van der Waals surface area (Å²) in [5, 5.41) is 6.32. The predicted molar refractivity (Wildman–Crippen MR) is 77.7 cm³/mol. The summed E-state index contributed by atoms with van der Waals surface area (Å²) in [6.07, 6.45) is 1.63. The van der Waals surface area contributed by atoms with Crippen LogP contribution in [0.5, 0.6) is 0 Å². The van der Waals surface area contributed by atoms with Gasteiger partial charge < -0.3 is 15.4 Å². The maximum atomic E-state index is 11.4. The molecule has 1 aromatic rings. The quantitative estimate of drug-likeness (QED) is 0.721. The van der Waals surface area contributed by atoms with Crippen LogP contribution in [0.25, 0.3) is 0 Å². The smallest absolute Gasteiger partial charge is 0.314 e. The molecule has 0 aliphatic heterocycles. The summed E-state index contributed by atoms with van der Waals surface area (Å²) in [7, 11) is 0. The van der Waals surface area contributed by atoms with E-state index < -0.39 is 0 Å².